The van der Waals surface area contributed by atoms with E-state index in [-0.39, 0.29) is 6.10 Å². The number of nitrogens with one attached hydrogen (secondary N) is 1. The number of hydrogen-bond donors (Lipinski definition) is 1. The maximum atomic E-state index is 6.22. The smallest absolute Gasteiger partial charge is 0.193 e. The molecule has 1 aromatic carbocycles. The number of fused-ring (bicyclic) bond motifs is 1. The SMILES string of the molecule is CN=C(NCCCOC1CCCc2ccccc21)N1CCC2(CCOC2)C1. The summed E-state index contributed by atoms with van der Waals surface area (Å²) < 4.78 is 11.9. The Hall–Kier alpha value is -1.59. The van der Waals surface area contributed by atoms with Crippen LogP contribution in [0.3, 0.4) is 0 Å². The van der Waals surface area contributed by atoms with Gasteiger partial charge in [-0.15, -0.1) is 0 Å². The molecule has 0 bridgehead atoms. The average Bonchev–Trinajstić information content (AvgIpc) is 3.35. The molecule has 1 aliphatic carbocycles. The van der Waals surface area contributed by atoms with Gasteiger partial charge in [0.25, 0.3) is 0 Å². The zero-order valence-electron chi connectivity index (χ0n) is 16.6. The minimum atomic E-state index is 0.273. The van der Waals surface area contributed by atoms with E-state index in [4.69, 9.17) is 9.47 Å². The van der Waals surface area contributed by atoms with Crippen LogP contribution in [0.25, 0.3) is 0 Å². The summed E-state index contributed by atoms with van der Waals surface area (Å²) >= 11 is 0. The third-order valence-electron chi connectivity index (χ3n) is 6.37. The van der Waals surface area contributed by atoms with Crippen LogP contribution >= 0.6 is 0 Å². The Labute approximate surface area is 163 Å². The lowest BCUT2D eigenvalue weighted by molar-refractivity contribution is 0.0397. The van der Waals surface area contributed by atoms with Gasteiger partial charge in [0.2, 0.25) is 0 Å². The Bertz CT molecular complexity index is 655. The first-order valence-corrected chi connectivity index (χ1v) is 10.5. The highest BCUT2D eigenvalue weighted by Crippen LogP contribution is 2.38. The van der Waals surface area contributed by atoms with Crippen molar-refractivity contribution in [1.29, 1.82) is 0 Å². The predicted octanol–water partition coefficient (Wildman–Crippen LogP) is 3.16. The van der Waals surface area contributed by atoms with Gasteiger partial charge in [-0.1, -0.05) is 24.3 Å². The fourth-order valence-corrected chi connectivity index (χ4v) is 4.80. The largest absolute Gasteiger partial charge is 0.381 e. The van der Waals surface area contributed by atoms with E-state index in [1.807, 2.05) is 7.05 Å². The van der Waals surface area contributed by atoms with Crippen molar-refractivity contribution in [3.63, 3.8) is 0 Å². The molecule has 2 atom stereocenters. The van der Waals surface area contributed by atoms with Gasteiger partial charge in [-0.2, -0.15) is 0 Å². The Kier molecular flexibility index (Phi) is 5.98. The molecule has 2 heterocycles. The maximum Gasteiger partial charge on any atom is 0.193 e. The molecule has 5 nitrogen and oxygen atoms in total. The summed E-state index contributed by atoms with van der Waals surface area (Å²) in [6.07, 6.45) is 7.25. The van der Waals surface area contributed by atoms with E-state index in [0.717, 1.165) is 58.3 Å². The first-order chi connectivity index (χ1) is 13.3. The molecule has 2 unspecified atom stereocenters. The lowest BCUT2D eigenvalue weighted by Crippen LogP contribution is -2.42. The molecule has 2 fully saturated rings. The van der Waals surface area contributed by atoms with Crippen molar-refractivity contribution in [3.05, 3.63) is 35.4 Å². The first-order valence-electron chi connectivity index (χ1n) is 10.5. The first kappa shape index (κ1) is 18.8. The lowest BCUT2D eigenvalue weighted by Gasteiger charge is -2.26. The molecule has 0 saturated carbocycles. The summed E-state index contributed by atoms with van der Waals surface area (Å²) in [5, 5.41) is 3.53. The van der Waals surface area contributed by atoms with E-state index in [2.05, 4.69) is 39.5 Å². The Morgan fingerprint density at radius 1 is 1.37 bits per heavy atom. The quantitative estimate of drug-likeness (QED) is 0.491. The molecular formula is C22H33N3O2. The Balaban J connectivity index is 1.19. The zero-order chi connectivity index (χ0) is 18.5. The minimum Gasteiger partial charge on any atom is -0.381 e. The number of rotatable bonds is 5. The fraction of sp³-hybridized carbons (Fsp3) is 0.682. The van der Waals surface area contributed by atoms with E-state index in [0.29, 0.717) is 5.41 Å². The van der Waals surface area contributed by atoms with Crippen LogP contribution in [0.1, 0.15) is 49.3 Å². The molecular weight excluding hydrogens is 338 g/mol. The molecule has 0 amide bonds. The minimum absolute atomic E-state index is 0.273. The third kappa shape index (κ3) is 4.30. The number of nitrogens with zero attached hydrogens (tertiary/aromatic N) is 2. The van der Waals surface area contributed by atoms with Gasteiger partial charge in [-0.3, -0.25) is 4.99 Å². The average molecular weight is 372 g/mol. The van der Waals surface area contributed by atoms with Gasteiger partial charge < -0.3 is 19.7 Å². The molecule has 2 aliphatic heterocycles. The Morgan fingerprint density at radius 2 is 2.30 bits per heavy atom. The van der Waals surface area contributed by atoms with Gasteiger partial charge in [0.1, 0.15) is 0 Å². The van der Waals surface area contributed by atoms with Crippen LogP contribution in [0.5, 0.6) is 0 Å². The number of aliphatic imine (C=N–C) groups is 1. The second kappa shape index (κ2) is 8.61. The van der Waals surface area contributed by atoms with Crippen molar-refractivity contribution < 1.29 is 9.47 Å². The number of hydrogen-bond acceptors (Lipinski definition) is 3. The second-order valence-electron chi connectivity index (χ2n) is 8.25. The summed E-state index contributed by atoms with van der Waals surface area (Å²) in [4.78, 5) is 6.89. The number of benzene rings is 1. The highest BCUT2D eigenvalue weighted by atomic mass is 16.5. The van der Waals surface area contributed by atoms with Gasteiger partial charge in [-0.25, -0.2) is 0 Å². The van der Waals surface area contributed by atoms with E-state index < -0.39 is 0 Å². The Morgan fingerprint density at radius 3 is 3.15 bits per heavy atom. The van der Waals surface area contributed by atoms with E-state index >= 15 is 0 Å². The molecule has 2 saturated heterocycles. The van der Waals surface area contributed by atoms with E-state index in [1.54, 1.807) is 0 Å². The van der Waals surface area contributed by atoms with Crippen LogP contribution in [0.4, 0.5) is 0 Å². The van der Waals surface area contributed by atoms with Crippen LogP contribution in [-0.4, -0.2) is 57.4 Å². The zero-order valence-corrected chi connectivity index (χ0v) is 16.6. The van der Waals surface area contributed by atoms with Crippen LogP contribution < -0.4 is 5.32 Å². The standard InChI is InChI=1S/C22H33N3O2/c1-23-21(25-13-10-22(16-25)11-15-26-17-22)24-12-5-14-27-20-9-4-7-18-6-2-3-8-19(18)20/h2-3,6,8,20H,4-5,7,9-17H2,1H3,(H,23,24). The predicted molar refractivity (Wildman–Crippen MR) is 108 cm³/mol. The number of guanidine groups is 1. The van der Waals surface area contributed by atoms with Crippen molar-refractivity contribution in [3.8, 4) is 0 Å². The van der Waals surface area contributed by atoms with Gasteiger partial charge in [0, 0.05) is 45.3 Å². The van der Waals surface area contributed by atoms with E-state index in [1.165, 1.54) is 36.8 Å². The lowest BCUT2D eigenvalue weighted by atomic mass is 9.87. The summed E-state index contributed by atoms with van der Waals surface area (Å²) in [6.45, 7) is 5.68. The maximum absolute atomic E-state index is 6.22. The monoisotopic (exact) mass is 371 g/mol. The molecule has 0 aromatic heterocycles. The molecule has 0 radical (unpaired) electrons. The number of likely N-dealkylation sites (tertiary alicyclic amines) is 1. The molecule has 5 heteroatoms. The fourth-order valence-electron chi connectivity index (χ4n) is 4.80. The number of aryl methyl sites for hydroxylation is 1. The highest BCUT2D eigenvalue weighted by Gasteiger charge is 2.42. The molecule has 27 heavy (non-hydrogen) atoms. The van der Waals surface area contributed by atoms with Crippen LogP contribution in [-0.2, 0) is 15.9 Å². The number of ether oxygens (including phenoxy) is 2. The van der Waals surface area contributed by atoms with Crippen LogP contribution in [0.15, 0.2) is 29.3 Å². The van der Waals surface area contributed by atoms with E-state index in [9.17, 15) is 0 Å². The molecule has 1 N–H and O–H groups in total. The van der Waals surface area contributed by atoms with Crippen molar-refractivity contribution in [2.45, 2.75) is 44.6 Å². The van der Waals surface area contributed by atoms with Crippen LogP contribution in [0.2, 0.25) is 0 Å². The summed E-state index contributed by atoms with van der Waals surface area (Å²) in [6, 6.07) is 8.74. The highest BCUT2D eigenvalue weighted by molar-refractivity contribution is 5.80. The summed E-state index contributed by atoms with van der Waals surface area (Å²) in [7, 11) is 1.88. The van der Waals surface area contributed by atoms with Crippen LogP contribution in [0, 0.1) is 5.41 Å². The molecule has 3 aliphatic rings. The van der Waals surface area contributed by atoms with Crippen molar-refractivity contribution in [1.82, 2.24) is 10.2 Å². The molecule has 1 spiro atoms. The van der Waals surface area contributed by atoms with Crippen molar-refractivity contribution in [2.24, 2.45) is 10.4 Å². The molecule has 4 rings (SSSR count). The normalized spacial score (nSPS) is 28.0. The van der Waals surface area contributed by atoms with Gasteiger partial charge >= 0.3 is 0 Å². The summed E-state index contributed by atoms with van der Waals surface area (Å²) in [5.41, 5.74) is 3.23. The van der Waals surface area contributed by atoms with Crippen molar-refractivity contribution >= 4 is 5.96 Å². The molecule has 148 valence electrons. The molecule has 1 aromatic rings. The van der Waals surface area contributed by atoms with Gasteiger partial charge in [0.05, 0.1) is 12.7 Å². The van der Waals surface area contributed by atoms with Gasteiger partial charge in [0.15, 0.2) is 5.96 Å². The second-order valence-corrected chi connectivity index (χ2v) is 8.25. The third-order valence-corrected chi connectivity index (χ3v) is 6.37. The van der Waals surface area contributed by atoms with Gasteiger partial charge in [-0.05, 0) is 49.7 Å². The summed E-state index contributed by atoms with van der Waals surface area (Å²) in [5.74, 6) is 1.03. The van der Waals surface area contributed by atoms with Crippen molar-refractivity contribution in [2.75, 3.05) is 46.5 Å². The topological polar surface area (TPSA) is 46.1 Å².